The fraction of sp³-hybridized carbons (Fsp3) is 0.235. The summed E-state index contributed by atoms with van der Waals surface area (Å²) in [4.78, 5) is 0. The van der Waals surface area contributed by atoms with Gasteiger partial charge in [-0.05, 0) is 61.2 Å². The Labute approximate surface area is 118 Å². The van der Waals surface area contributed by atoms with Gasteiger partial charge in [0.2, 0.25) is 0 Å². The minimum absolute atomic E-state index is 0.329. The van der Waals surface area contributed by atoms with E-state index in [1.165, 1.54) is 22.8 Å². The van der Waals surface area contributed by atoms with Crippen molar-refractivity contribution in [2.75, 3.05) is 5.32 Å². The van der Waals surface area contributed by atoms with Crippen LogP contribution in [0.2, 0.25) is 0 Å². The van der Waals surface area contributed by atoms with E-state index in [1.54, 1.807) is 12.1 Å². The Kier molecular flexibility index (Phi) is 4.05. The Hall–Kier alpha value is -2.34. The quantitative estimate of drug-likeness (QED) is 0.904. The van der Waals surface area contributed by atoms with E-state index in [0.717, 1.165) is 5.56 Å². The number of nitrogens with zero attached hydrogens (tertiary/aromatic N) is 1. The van der Waals surface area contributed by atoms with Crippen LogP contribution in [-0.2, 0) is 6.54 Å². The van der Waals surface area contributed by atoms with E-state index in [0.29, 0.717) is 17.8 Å². The lowest BCUT2D eigenvalue weighted by Crippen LogP contribution is -2.04. The molecule has 0 amide bonds. The molecule has 2 aromatic rings. The lowest BCUT2D eigenvalue weighted by atomic mass is 10.0. The molecule has 3 heteroatoms. The van der Waals surface area contributed by atoms with Crippen LogP contribution in [0.5, 0.6) is 0 Å². The molecule has 2 aromatic carbocycles. The van der Waals surface area contributed by atoms with E-state index in [-0.39, 0.29) is 0 Å². The fourth-order valence-corrected chi connectivity index (χ4v) is 2.13. The summed E-state index contributed by atoms with van der Waals surface area (Å²) in [6.07, 6.45) is 0. The summed E-state index contributed by atoms with van der Waals surface area (Å²) in [7, 11) is 0. The van der Waals surface area contributed by atoms with Crippen molar-refractivity contribution < 1.29 is 4.39 Å². The number of anilines is 1. The Balaban J connectivity index is 2.17. The lowest BCUT2D eigenvalue weighted by Gasteiger charge is -2.12. The third kappa shape index (κ3) is 2.97. The standard InChI is InChI=1S/C17H17FN2/c1-11-6-13(3)15(7-12(11)2)10-20-17-5-4-14(9-19)8-16(17)18/h4-8,20H,10H2,1-3H3. The molecule has 0 unspecified atom stereocenters. The van der Waals surface area contributed by atoms with Crippen molar-refractivity contribution >= 4 is 5.69 Å². The van der Waals surface area contributed by atoms with Crippen LogP contribution in [0.3, 0.4) is 0 Å². The first-order valence-electron chi connectivity index (χ1n) is 6.51. The molecule has 0 saturated carbocycles. The number of benzene rings is 2. The van der Waals surface area contributed by atoms with Crippen molar-refractivity contribution in [3.05, 3.63) is 64.0 Å². The Morgan fingerprint density at radius 1 is 1.05 bits per heavy atom. The van der Waals surface area contributed by atoms with Gasteiger partial charge in [0.1, 0.15) is 5.82 Å². The van der Waals surface area contributed by atoms with Gasteiger partial charge in [0.25, 0.3) is 0 Å². The average Bonchev–Trinajstić information content (AvgIpc) is 2.42. The van der Waals surface area contributed by atoms with E-state index in [2.05, 4.69) is 38.2 Å². The molecule has 102 valence electrons. The van der Waals surface area contributed by atoms with Crippen LogP contribution in [0.25, 0.3) is 0 Å². The summed E-state index contributed by atoms with van der Waals surface area (Å²) in [6.45, 7) is 6.77. The predicted octanol–water partition coefficient (Wildman–Crippen LogP) is 4.23. The molecule has 0 saturated heterocycles. The van der Waals surface area contributed by atoms with Gasteiger partial charge in [-0.1, -0.05) is 12.1 Å². The van der Waals surface area contributed by atoms with Gasteiger partial charge >= 0.3 is 0 Å². The molecule has 0 aliphatic heterocycles. The molecule has 20 heavy (non-hydrogen) atoms. The fourth-order valence-electron chi connectivity index (χ4n) is 2.13. The zero-order valence-corrected chi connectivity index (χ0v) is 11.9. The highest BCUT2D eigenvalue weighted by molar-refractivity contribution is 5.50. The summed E-state index contributed by atoms with van der Waals surface area (Å²) >= 11 is 0. The van der Waals surface area contributed by atoms with Gasteiger partial charge in [0, 0.05) is 6.54 Å². The van der Waals surface area contributed by atoms with Crippen molar-refractivity contribution in [2.45, 2.75) is 27.3 Å². The minimum atomic E-state index is -0.398. The van der Waals surface area contributed by atoms with E-state index in [4.69, 9.17) is 5.26 Å². The highest BCUT2D eigenvalue weighted by Gasteiger charge is 2.05. The first-order valence-corrected chi connectivity index (χ1v) is 6.51. The Bertz CT molecular complexity index is 684. The monoisotopic (exact) mass is 268 g/mol. The average molecular weight is 268 g/mol. The zero-order valence-electron chi connectivity index (χ0n) is 11.9. The number of aryl methyl sites for hydroxylation is 3. The number of nitriles is 1. The molecule has 0 aliphatic rings. The molecule has 0 atom stereocenters. The molecular formula is C17H17FN2. The van der Waals surface area contributed by atoms with Gasteiger partial charge in [-0.25, -0.2) is 4.39 Å². The van der Waals surface area contributed by atoms with Crippen molar-refractivity contribution in [3.63, 3.8) is 0 Å². The molecule has 0 radical (unpaired) electrons. The minimum Gasteiger partial charge on any atom is -0.379 e. The molecule has 0 heterocycles. The van der Waals surface area contributed by atoms with Gasteiger partial charge in [-0.2, -0.15) is 5.26 Å². The second kappa shape index (κ2) is 5.75. The highest BCUT2D eigenvalue weighted by Crippen LogP contribution is 2.19. The number of halogens is 1. The molecule has 2 nitrogen and oxygen atoms in total. The summed E-state index contributed by atoms with van der Waals surface area (Å²) in [5, 5.41) is 11.8. The topological polar surface area (TPSA) is 35.8 Å². The lowest BCUT2D eigenvalue weighted by molar-refractivity contribution is 0.629. The molecule has 0 spiro atoms. The summed E-state index contributed by atoms with van der Waals surface area (Å²) in [5.74, 6) is -0.398. The van der Waals surface area contributed by atoms with Crippen LogP contribution in [0.15, 0.2) is 30.3 Å². The van der Waals surface area contributed by atoms with Crippen molar-refractivity contribution in [1.29, 1.82) is 5.26 Å². The molecule has 0 aliphatic carbocycles. The predicted molar refractivity (Wildman–Crippen MR) is 79.1 cm³/mol. The van der Waals surface area contributed by atoms with Gasteiger partial charge in [0.05, 0.1) is 17.3 Å². The van der Waals surface area contributed by atoms with E-state index in [9.17, 15) is 4.39 Å². The SMILES string of the molecule is Cc1cc(C)c(CNc2ccc(C#N)cc2F)cc1C. The van der Waals surface area contributed by atoms with Crippen LogP contribution >= 0.6 is 0 Å². The summed E-state index contributed by atoms with van der Waals surface area (Å²) in [6, 6.07) is 10.6. The second-order valence-corrected chi connectivity index (χ2v) is 5.02. The Morgan fingerprint density at radius 3 is 2.40 bits per heavy atom. The van der Waals surface area contributed by atoms with Crippen LogP contribution in [0.1, 0.15) is 27.8 Å². The maximum atomic E-state index is 13.8. The largest absolute Gasteiger partial charge is 0.379 e. The highest BCUT2D eigenvalue weighted by atomic mass is 19.1. The molecular weight excluding hydrogens is 251 g/mol. The molecule has 1 N–H and O–H groups in total. The van der Waals surface area contributed by atoms with Gasteiger partial charge in [0.15, 0.2) is 0 Å². The zero-order chi connectivity index (χ0) is 14.7. The third-order valence-electron chi connectivity index (χ3n) is 3.52. The number of hydrogen-bond acceptors (Lipinski definition) is 2. The van der Waals surface area contributed by atoms with E-state index in [1.807, 2.05) is 6.07 Å². The first-order chi connectivity index (χ1) is 9.51. The van der Waals surface area contributed by atoms with Crippen molar-refractivity contribution in [3.8, 4) is 6.07 Å². The normalized spacial score (nSPS) is 10.2. The molecule has 0 aromatic heterocycles. The Morgan fingerprint density at radius 2 is 1.75 bits per heavy atom. The third-order valence-corrected chi connectivity index (χ3v) is 3.52. The maximum absolute atomic E-state index is 13.8. The second-order valence-electron chi connectivity index (χ2n) is 5.02. The summed E-state index contributed by atoms with van der Waals surface area (Å²) in [5.41, 5.74) is 5.58. The van der Waals surface area contributed by atoms with E-state index < -0.39 is 5.82 Å². The van der Waals surface area contributed by atoms with Crippen LogP contribution in [0.4, 0.5) is 10.1 Å². The summed E-state index contributed by atoms with van der Waals surface area (Å²) < 4.78 is 13.8. The van der Waals surface area contributed by atoms with Crippen molar-refractivity contribution in [1.82, 2.24) is 0 Å². The maximum Gasteiger partial charge on any atom is 0.147 e. The van der Waals surface area contributed by atoms with Gasteiger partial charge in [-0.15, -0.1) is 0 Å². The first kappa shape index (κ1) is 14.1. The van der Waals surface area contributed by atoms with E-state index >= 15 is 0 Å². The van der Waals surface area contributed by atoms with Crippen molar-refractivity contribution in [2.24, 2.45) is 0 Å². The molecule has 0 fully saturated rings. The van der Waals surface area contributed by atoms with Crippen LogP contribution in [0, 0.1) is 37.9 Å². The molecule has 2 rings (SSSR count). The number of rotatable bonds is 3. The smallest absolute Gasteiger partial charge is 0.147 e. The van der Waals surface area contributed by atoms with Gasteiger partial charge in [-0.3, -0.25) is 0 Å². The number of hydrogen-bond donors (Lipinski definition) is 1. The van der Waals surface area contributed by atoms with Gasteiger partial charge < -0.3 is 5.32 Å². The van der Waals surface area contributed by atoms with Crippen LogP contribution in [-0.4, -0.2) is 0 Å². The number of nitrogens with one attached hydrogen (secondary N) is 1. The van der Waals surface area contributed by atoms with Crippen LogP contribution < -0.4 is 5.32 Å². The molecule has 0 bridgehead atoms.